The molecule has 0 radical (unpaired) electrons. The van der Waals surface area contributed by atoms with Gasteiger partial charge in [-0.05, 0) is 60.2 Å². The summed E-state index contributed by atoms with van der Waals surface area (Å²) in [7, 11) is 0. The zero-order valence-corrected chi connectivity index (χ0v) is 22.1. The Morgan fingerprint density at radius 2 is 1.48 bits per heavy atom. The molecule has 1 heterocycles. The maximum atomic E-state index is 13.7. The minimum absolute atomic E-state index is 0.0523. The van der Waals surface area contributed by atoms with E-state index in [1.807, 2.05) is 0 Å². The van der Waals surface area contributed by atoms with Crippen LogP contribution in [0.25, 0.3) is 0 Å². The fraction of sp³-hybridized carbons (Fsp3) is 0.185. The highest BCUT2D eigenvalue weighted by Crippen LogP contribution is 2.27. The van der Waals surface area contributed by atoms with E-state index in [0.717, 1.165) is 34.1 Å². The van der Waals surface area contributed by atoms with Crippen LogP contribution in [0, 0.1) is 11.6 Å². The number of hydrogen-bond donors (Lipinski definition) is 3. The molecule has 9 nitrogen and oxygen atoms in total. The first-order chi connectivity index (χ1) is 19.0. The summed E-state index contributed by atoms with van der Waals surface area (Å²) in [5.74, 6) is -3.87. The molecule has 13 heteroatoms. The van der Waals surface area contributed by atoms with E-state index in [0.29, 0.717) is 5.56 Å². The van der Waals surface area contributed by atoms with Crippen LogP contribution in [0.4, 0.5) is 19.3 Å². The van der Waals surface area contributed by atoms with Crippen LogP contribution in [0.5, 0.6) is 0 Å². The van der Waals surface area contributed by atoms with Gasteiger partial charge in [0.15, 0.2) is 6.17 Å². The molecule has 0 bridgehead atoms. The van der Waals surface area contributed by atoms with E-state index >= 15 is 0 Å². The van der Waals surface area contributed by atoms with Gasteiger partial charge in [-0.2, -0.15) is 0 Å². The minimum Gasteiger partial charge on any atom is -0.481 e. The quantitative estimate of drug-likeness (QED) is 0.361. The fourth-order valence-electron chi connectivity index (χ4n) is 4.23. The van der Waals surface area contributed by atoms with Crippen molar-refractivity contribution in [1.82, 2.24) is 15.1 Å². The summed E-state index contributed by atoms with van der Waals surface area (Å²) in [4.78, 5) is 54.1. The van der Waals surface area contributed by atoms with E-state index in [2.05, 4.69) is 10.6 Å². The molecule has 3 N–H and O–H groups in total. The number of nitrogens with zero attached hydrogens (tertiary/aromatic N) is 2. The van der Waals surface area contributed by atoms with E-state index in [9.17, 15) is 33.1 Å². The molecule has 208 valence electrons. The number of amides is 4. The molecule has 4 amide bonds. The molecule has 40 heavy (non-hydrogen) atoms. The monoisotopic (exact) mass is 590 g/mol. The van der Waals surface area contributed by atoms with Crippen LogP contribution < -0.4 is 10.6 Å². The van der Waals surface area contributed by atoms with Gasteiger partial charge in [-0.1, -0.05) is 35.3 Å². The number of hydrogen-bond acceptors (Lipinski definition) is 4. The molecule has 1 fully saturated rings. The van der Waals surface area contributed by atoms with Crippen LogP contribution in [-0.2, 0) is 9.59 Å². The van der Waals surface area contributed by atoms with Crippen LogP contribution in [0.1, 0.15) is 28.4 Å². The van der Waals surface area contributed by atoms with Crippen LogP contribution in [0.15, 0.2) is 66.7 Å². The van der Waals surface area contributed by atoms with Crippen molar-refractivity contribution in [3.63, 3.8) is 0 Å². The first-order valence-corrected chi connectivity index (χ1v) is 12.7. The number of carbonyl (C=O) groups is 4. The number of rotatable bonds is 7. The molecule has 0 saturated carbocycles. The first kappa shape index (κ1) is 28.8. The second-order valence-electron chi connectivity index (χ2n) is 8.84. The van der Waals surface area contributed by atoms with Gasteiger partial charge in [0.2, 0.25) is 0 Å². The lowest BCUT2D eigenvalue weighted by molar-refractivity contribution is -0.138. The Morgan fingerprint density at radius 1 is 0.875 bits per heavy atom. The highest BCUT2D eigenvalue weighted by molar-refractivity contribution is 6.42. The number of nitrogens with one attached hydrogen (secondary N) is 2. The number of carbonyl (C=O) groups excluding carboxylic acids is 3. The lowest BCUT2D eigenvalue weighted by Crippen LogP contribution is -2.55. The molecule has 0 aliphatic carbocycles. The molecule has 2 unspecified atom stereocenters. The van der Waals surface area contributed by atoms with Crippen molar-refractivity contribution in [2.24, 2.45) is 0 Å². The van der Waals surface area contributed by atoms with Crippen LogP contribution >= 0.6 is 23.2 Å². The Bertz CT molecular complexity index is 1440. The second-order valence-corrected chi connectivity index (χ2v) is 9.66. The Labute approximate surface area is 237 Å². The van der Waals surface area contributed by atoms with Crippen LogP contribution in [0.3, 0.4) is 0 Å². The van der Waals surface area contributed by atoms with Gasteiger partial charge in [-0.3, -0.25) is 19.3 Å². The Kier molecular flexibility index (Phi) is 8.86. The molecular formula is C27H22Cl2F2N4O5. The van der Waals surface area contributed by atoms with Crippen LogP contribution in [-0.4, -0.2) is 58.0 Å². The number of carboxylic acid groups (broad SMARTS) is 1. The average molecular weight is 591 g/mol. The van der Waals surface area contributed by atoms with E-state index in [4.69, 9.17) is 23.2 Å². The molecule has 0 aromatic heterocycles. The summed E-state index contributed by atoms with van der Waals surface area (Å²) >= 11 is 12.0. The summed E-state index contributed by atoms with van der Waals surface area (Å²) in [6.45, 7) is -0.110. The van der Waals surface area contributed by atoms with Crippen molar-refractivity contribution in [2.45, 2.75) is 18.6 Å². The first-order valence-electron chi connectivity index (χ1n) is 11.9. The molecule has 2 atom stereocenters. The normalized spacial score (nSPS) is 15.4. The highest BCUT2D eigenvalue weighted by Gasteiger charge is 2.43. The van der Waals surface area contributed by atoms with E-state index in [1.165, 1.54) is 42.5 Å². The summed E-state index contributed by atoms with van der Waals surface area (Å²) < 4.78 is 26.9. The van der Waals surface area contributed by atoms with Crippen molar-refractivity contribution in [2.75, 3.05) is 18.4 Å². The maximum absolute atomic E-state index is 13.7. The van der Waals surface area contributed by atoms with Gasteiger partial charge >= 0.3 is 12.0 Å². The zero-order chi connectivity index (χ0) is 29.0. The average Bonchev–Trinajstić information content (AvgIpc) is 3.36. The third-order valence-electron chi connectivity index (χ3n) is 6.16. The molecule has 0 spiro atoms. The van der Waals surface area contributed by atoms with Crippen molar-refractivity contribution in [1.29, 1.82) is 0 Å². The number of carboxylic acids is 1. The molecular weight excluding hydrogens is 569 g/mol. The van der Waals surface area contributed by atoms with Crippen molar-refractivity contribution in [3.05, 3.63) is 99.5 Å². The SMILES string of the molecule is O=C(O)CC(NC(=O)C1N(C(=O)Nc2ccc(Cl)c(Cl)c2)CCN1C(=O)c1ccc(F)cc1)c1ccc(F)cc1. The lowest BCUT2D eigenvalue weighted by Gasteiger charge is -2.31. The van der Waals surface area contributed by atoms with Crippen molar-refractivity contribution < 1.29 is 33.1 Å². The van der Waals surface area contributed by atoms with E-state index in [-0.39, 0.29) is 34.4 Å². The zero-order valence-electron chi connectivity index (χ0n) is 20.6. The fourth-order valence-corrected chi connectivity index (χ4v) is 4.53. The van der Waals surface area contributed by atoms with Gasteiger partial charge in [0.05, 0.1) is 22.5 Å². The molecule has 3 aromatic rings. The van der Waals surface area contributed by atoms with Gasteiger partial charge < -0.3 is 20.6 Å². The predicted molar refractivity (Wildman–Crippen MR) is 143 cm³/mol. The van der Waals surface area contributed by atoms with Gasteiger partial charge in [0.1, 0.15) is 11.6 Å². The number of benzene rings is 3. The Morgan fingerprint density at radius 3 is 2.08 bits per heavy atom. The smallest absolute Gasteiger partial charge is 0.323 e. The molecule has 1 aliphatic heterocycles. The van der Waals surface area contributed by atoms with Crippen LogP contribution in [0.2, 0.25) is 10.0 Å². The summed E-state index contributed by atoms with van der Waals surface area (Å²) in [5, 5.41) is 15.1. The van der Waals surface area contributed by atoms with Crippen molar-refractivity contribution in [3.8, 4) is 0 Å². The van der Waals surface area contributed by atoms with Gasteiger partial charge in [0.25, 0.3) is 11.8 Å². The highest BCUT2D eigenvalue weighted by atomic mass is 35.5. The Balaban J connectivity index is 1.64. The van der Waals surface area contributed by atoms with Crippen molar-refractivity contribution >= 4 is 52.7 Å². The molecule has 1 saturated heterocycles. The van der Waals surface area contributed by atoms with E-state index < -0.39 is 54.1 Å². The van der Waals surface area contributed by atoms with Gasteiger partial charge in [-0.25, -0.2) is 13.6 Å². The minimum atomic E-state index is -1.50. The summed E-state index contributed by atoms with van der Waals surface area (Å²) in [6, 6.07) is 12.1. The molecule has 4 rings (SSSR count). The number of aliphatic carboxylic acids is 1. The van der Waals surface area contributed by atoms with Gasteiger partial charge in [-0.15, -0.1) is 0 Å². The second kappa shape index (κ2) is 12.3. The van der Waals surface area contributed by atoms with E-state index in [1.54, 1.807) is 0 Å². The number of urea groups is 1. The number of halogens is 4. The summed E-state index contributed by atoms with van der Waals surface area (Å²) in [5.41, 5.74) is 0.655. The topological polar surface area (TPSA) is 119 Å². The standard InChI is InChI=1S/C27H22Cl2F2N4O5/c28-20-10-9-19(13-21(20)29)32-27(40)35-12-11-34(26(39)16-3-7-18(31)8-4-16)25(35)24(38)33-22(14-23(36)37)15-1-5-17(30)6-2-15/h1-10,13,22,25H,11-12,14H2,(H,32,40)(H,33,38)(H,36,37). The Hall–Kier alpha value is -4.22. The predicted octanol–water partition coefficient (Wildman–Crippen LogP) is 4.92. The molecule has 3 aromatic carbocycles. The lowest BCUT2D eigenvalue weighted by atomic mass is 10.0. The maximum Gasteiger partial charge on any atom is 0.323 e. The van der Waals surface area contributed by atoms with Gasteiger partial charge in [0, 0.05) is 24.3 Å². The third kappa shape index (κ3) is 6.67. The largest absolute Gasteiger partial charge is 0.481 e. The number of anilines is 1. The third-order valence-corrected chi connectivity index (χ3v) is 6.90. The molecule has 1 aliphatic rings. The summed E-state index contributed by atoms with van der Waals surface area (Å²) in [6.07, 6.45) is -2.05.